The molecule has 2 aromatic rings. The van der Waals surface area contributed by atoms with Crippen LogP contribution in [0.1, 0.15) is 46.5 Å². The predicted molar refractivity (Wildman–Crippen MR) is 134 cm³/mol. The molecule has 4 aliphatic heterocycles. The van der Waals surface area contributed by atoms with Crippen molar-refractivity contribution in [2.75, 3.05) is 11.9 Å². The first-order valence-corrected chi connectivity index (χ1v) is 12.6. The summed E-state index contributed by atoms with van der Waals surface area (Å²) in [4.78, 5) is 41.6. The second kappa shape index (κ2) is 8.33. The molecule has 3 N–H and O–H groups in total. The predicted octanol–water partition coefficient (Wildman–Crippen LogP) is 3.32. The van der Waals surface area contributed by atoms with Crippen molar-refractivity contribution in [1.82, 2.24) is 9.88 Å². The minimum absolute atomic E-state index is 0.0728. The van der Waals surface area contributed by atoms with Gasteiger partial charge < -0.3 is 4.90 Å². The van der Waals surface area contributed by atoms with Crippen molar-refractivity contribution in [1.29, 1.82) is 0 Å². The minimum Gasteiger partial charge on any atom is -0.339 e. The molecule has 4 aliphatic rings. The van der Waals surface area contributed by atoms with E-state index in [1.807, 2.05) is 30.2 Å². The number of carbonyl (C=O) groups excluding carboxylic acids is 2. The van der Waals surface area contributed by atoms with E-state index in [-0.39, 0.29) is 22.3 Å². The summed E-state index contributed by atoms with van der Waals surface area (Å²) in [6.07, 6.45) is 10.6. The molecule has 2 saturated heterocycles. The van der Waals surface area contributed by atoms with Crippen molar-refractivity contribution in [2.24, 2.45) is 21.7 Å². The summed E-state index contributed by atoms with van der Waals surface area (Å²) in [5.74, 6) is 7.69. The molecule has 5 heterocycles. The monoisotopic (exact) mass is 488 g/mol. The van der Waals surface area contributed by atoms with Gasteiger partial charge in [0.2, 0.25) is 11.6 Å². The quantitative estimate of drug-likeness (QED) is 0.508. The summed E-state index contributed by atoms with van der Waals surface area (Å²) in [7, 11) is 0. The Labute approximate surface area is 206 Å². The molecule has 0 saturated carbocycles. The second-order valence-electron chi connectivity index (χ2n) is 9.38. The highest BCUT2D eigenvalue weighted by Gasteiger charge is 2.47. The van der Waals surface area contributed by atoms with E-state index in [2.05, 4.69) is 15.3 Å². The Bertz CT molecular complexity index is 1340. The molecule has 0 aliphatic carbocycles. The highest BCUT2D eigenvalue weighted by molar-refractivity contribution is 7.15. The van der Waals surface area contributed by atoms with Crippen LogP contribution >= 0.6 is 11.3 Å². The van der Waals surface area contributed by atoms with Crippen LogP contribution < -0.4 is 11.2 Å². The lowest BCUT2D eigenvalue weighted by Crippen LogP contribution is -2.53. The lowest BCUT2D eigenvalue weighted by Gasteiger charge is -2.35. The lowest BCUT2D eigenvalue weighted by molar-refractivity contribution is -0.750. The molecule has 2 amide bonds. The first-order chi connectivity index (χ1) is 16.9. The van der Waals surface area contributed by atoms with Crippen LogP contribution in [0.3, 0.4) is 0 Å². The molecule has 0 radical (unpaired) electrons. The molecule has 1 aromatic carbocycles. The van der Waals surface area contributed by atoms with Crippen molar-refractivity contribution in [3.05, 3.63) is 70.3 Å². The summed E-state index contributed by atoms with van der Waals surface area (Å²) in [5, 5.41) is 3.41. The van der Waals surface area contributed by atoms with E-state index in [1.165, 1.54) is 11.3 Å². The fourth-order valence-electron chi connectivity index (χ4n) is 5.35. The molecule has 35 heavy (non-hydrogen) atoms. The fraction of sp³-hybridized carbons (Fsp3) is 0.320. The van der Waals surface area contributed by atoms with Gasteiger partial charge in [0.05, 0.1) is 18.0 Å². The maximum absolute atomic E-state index is 12.7. The Morgan fingerprint density at radius 2 is 2.06 bits per heavy atom. The first-order valence-electron chi connectivity index (χ1n) is 11.8. The van der Waals surface area contributed by atoms with Crippen molar-refractivity contribution in [2.45, 2.75) is 38.6 Å². The Morgan fingerprint density at radius 3 is 2.83 bits per heavy atom. The number of nitrogens with zero attached hydrogens (tertiary/aromatic N) is 5. The van der Waals surface area contributed by atoms with E-state index in [0.29, 0.717) is 35.5 Å². The standard InChI is InChI=1S/C25H25N7O2S/c1-15-12-28-25(35-15)30-24(34)17-4-2-16(3-5-17)23-29-22(20-13-27-10-11-32(20,23)26)18-6-7-19-8-9-21(33)31(19)14-18/h2-5,10-13,18-19H,6-9,14,26H2,1H3/p+1/t18-,19+,32?/m1/s1. The van der Waals surface area contributed by atoms with Gasteiger partial charge in [-0.1, -0.05) is 0 Å². The fourth-order valence-corrected chi connectivity index (χ4v) is 6.01. The maximum Gasteiger partial charge on any atom is 0.264 e. The third kappa shape index (κ3) is 3.74. The number of amides is 2. The molecule has 2 fully saturated rings. The summed E-state index contributed by atoms with van der Waals surface area (Å²) in [6.45, 7) is 2.62. The summed E-state index contributed by atoms with van der Waals surface area (Å²) in [6, 6.07) is 7.64. The maximum atomic E-state index is 12.7. The summed E-state index contributed by atoms with van der Waals surface area (Å²) in [5.41, 5.74) is 3.08. The number of carbonyl (C=O) groups is 2. The molecular formula is C25H26N7O2S+. The van der Waals surface area contributed by atoms with Crippen molar-refractivity contribution >= 4 is 40.3 Å². The summed E-state index contributed by atoms with van der Waals surface area (Å²) >= 11 is 1.43. The number of nitrogens with one attached hydrogen (secondary N) is 1. The number of aryl methyl sites for hydroxylation is 1. The molecule has 1 unspecified atom stereocenters. The van der Waals surface area contributed by atoms with E-state index < -0.39 is 0 Å². The highest BCUT2D eigenvalue weighted by Crippen LogP contribution is 2.40. The number of piperidine rings is 1. The number of rotatable bonds is 4. The Morgan fingerprint density at radius 1 is 1.23 bits per heavy atom. The zero-order valence-corrected chi connectivity index (χ0v) is 20.2. The van der Waals surface area contributed by atoms with Crippen LogP contribution in [0.2, 0.25) is 0 Å². The number of anilines is 1. The molecule has 6 rings (SSSR count). The average Bonchev–Trinajstić information content (AvgIpc) is 3.54. The minimum atomic E-state index is -0.215. The van der Waals surface area contributed by atoms with E-state index in [4.69, 9.17) is 10.8 Å². The number of thiazole rings is 1. The molecule has 0 spiro atoms. The molecule has 0 bridgehead atoms. The molecule has 9 nitrogen and oxygen atoms in total. The van der Waals surface area contributed by atoms with Crippen molar-refractivity contribution in [3.63, 3.8) is 0 Å². The second-order valence-corrected chi connectivity index (χ2v) is 10.6. The first kappa shape index (κ1) is 22.0. The van der Waals surface area contributed by atoms with Crippen molar-refractivity contribution < 1.29 is 14.2 Å². The smallest absolute Gasteiger partial charge is 0.264 e. The Balaban J connectivity index is 1.28. The van der Waals surface area contributed by atoms with Crippen LogP contribution in [-0.4, -0.2) is 50.9 Å². The van der Waals surface area contributed by atoms with Crippen LogP contribution in [0.4, 0.5) is 5.13 Å². The number of quaternary nitrogens is 1. The van der Waals surface area contributed by atoms with E-state index in [9.17, 15) is 9.59 Å². The topological polar surface area (TPSA) is 113 Å². The zero-order chi connectivity index (χ0) is 24.2. The molecular weight excluding hydrogens is 462 g/mol. The third-order valence-electron chi connectivity index (χ3n) is 7.17. The number of nitrogens with two attached hydrogens (primary N) is 1. The van der Waals surface area contributed by atoms with Gasteiger partial charge in [-0.25, -0.2) is 4.98 Å². The number of aromatic nitrogens is 1. The number of amidine groups is 1. The Kier molecular flexibility index (Phi) is 5.24. The van der Waals surface area contributed by atoms with Gasteiger partial charge in [-0.15, -0.1) is 15.9 Å². The number of benzene rings is 1. The van der Waals surface area contributed by atoms with Gasteiger partial charge in [0, 0.05) is 41.6 Å². The third-order valence-corrected chi connectivity index (χ3v) is 8.00. The summed E-state index contributed by atoms with van der Waals surface area (Å²) < 4.78 is -0.0728. The number of fused-ring (bicyclic) bond motifs is 2. The van der Waals surface area contributed by atoms with Gasteiger partial charge in [0.25, 0.3) is 11.7 Å². The van der Waals surface area contributed by atoms with E-state index in [0.717, 1.165) is 41.1 Å². The van der Waals surface area contributed by atoms with Crippen molar-refractivity contribution in [3.8, 4) is 0 Å². The molecule has 178 valence electrons. The molecule has 3 atom stereocenters. The largest absolute Gasteiger partial charge is 0.339 e. The number of hydrogen-bond acceptors (Lipinski definition) is 7. The van der Waals surface area contributed by atoms with Crippen LogP contribution in [0.25, 0.3) is 0 Å². The molecule has 1 aromatic heterocycles. The van der Waals surface area contributed by atoms with Gasteiger partial charge in [-0.05, 0) is 50.5 Å². The van der Waals surface area contributed by atoms with E-state index >= 15 is 0 Å². The Hall–Kier alpha value is -3.47. The van der Waals surface area contributed by atoms with Crippen LogP contribution in [0.15, 0.2) is 64.2 Å². The van der Waals surface area contributed by atoms with E-state index in [1.54, 1.807) is 30.7 Å². The molecule has 10 heteroatoms. The van der Waals surface area contributed by atoms with Gasteiger partial charge in [0.15, 0.2) is 5.13 Å². The van der Waals surface area contributed by atoms with Crippen LogP contribution in [0.5, 0.6) is 0 Å². The SMILES string of the molecule is Cc1cnc(NC(=O)c2ccc(C3=NC([C@@H]4CC[C@H]5CCC(=O)N5C4)=C4C=NC=C[N+]34N)cc2)s1. The normalized spacial score (nSPS) is 27.2. The van der Waals surface area contributed by atoms with Gasteiger partial charge in [-0.2, -0.15) is 10.8 Å². The average molecular weight is 489 g/mol. The zero-order valence-electron chi connectivity index (χ0n) is 19.3. The van der Waals surface area contributed by atoms with Gasteiger partial charge in [0.1, 0.15) is 11.9 Å². The van der Waals surface area contributed by atoms with Gasteiger partial charge >= 0.3 is 0 Å². The van der Waals surface area contributed by atoms with Crippen LogP contribution in [-0.2, 0) is 4.79 Å². The number of hydrogen-bond donors (Lipinski definition) is 2. The number of aliphatic imine (C=N–C) groups is 2. The van der Waals surface area contributed by atoms with Crippen LogP contribution in [0, 0.1) is 12.8 Å². The highest BCUT2D eigenvalue weighted by atomic mass is 32.1. The number of allylic oxidation sites excluding steroid dienone is 1. The van der Waals surface area contributed by atoms with Gasteiger partial charge in [-0.3, -0.25) is 19.9 Å². The lowest BCUT2D eigenvalue weighted by atomic mass is 9.90.